The van der Waals surface area contributed by atoms with Crippen LogP contribution < -0.4 is 0 Å². The number of carbonyl (C=O) groups excluding carboxylic acids is 1. The summed E-state index contributed by atoms with van der Waals surface area (Å²) in [7, 11) is 0. The van der Waals surface area contributed by atoms with Gasteiger partial charge in [-0.2, -0.15) is 0 Å². The van der Waals surface area contributed by atoms with Crippen LogP contribution in [-0.4, -0.2) is 5.97 Å². The van der Waals surface area contributed by atoms with Crippen LogP contribution in [0.2, 0.25) is 0 Å². The van der Waals surface area contributed by atoms with Gasteiger partial charge in [0.2, 0.25) is 0 Å². The first-order valence-corrected chi connectivity index (χ1v) is 6.42. The van der Waals surface area contributed by atoms with E-state index in [9.17, 15) is 4.79 Å². The minimum Gasteiger partial charge on any atom is -0.457 e. The van der Waals surface area contributed by atoms with Crippen molar-refractivity contribution in [3.63, 3.8) is 0 Å². The Labute approximate surface area is 107 Å². The molecule has 2 heteroatoms. The Morgan fingerprint density at radius 1 is 1.11 bits per heavy atom. The highest BCUT2D eigenvalue weighted by atomic mass is 16.5. The molecule has 2 aromatic rings. The van der Waals surface area contributed by atoms with Crippen molar-refractivity contribution in [3.8, 4) is 0 Å². The Morgan fingerprint density at radius 3 is 2.72 bits per heavy atom. The maximum atomic E-state index is 11.4. The monoisotopic (exact) mass is 240 g/mol. The maximum Gasteiger partial charge on any atom is 0.306 e. The molecule has 2 nitrogen and oxygen atoms in total. The van der Waals surface area contributed by atoms with Crippen LogP contribution in [0.15, 0.2) is 42.5 Å². The summed E-state index contributed by atoms with van der Waals surface area (Å²) in [4.78, 5) is 11.4. The highest BCUT2D eigenvalue weighted by Crippen LogP contribution is 2.34. The zero-order valence-corrected chi connectivity index (χ0v) is 10.4. The van der Waals surface area contributed by atoms with Crippen molar-refractivity contribution in [3.05, 3.63) is 48.0 Å². The van der Waals surface area contributed by atoms with Crippen molar-refractivity contribution in [2.45, 2.75) is 25.9 Å². The number of carbonyl (C=O) groups is 1. The summed E-state index contributed by atoms with van der Waals surface area (Å²) < 4.78 is 5.49. The predicted octanol–water partition coefficient (Wildman–Crippen LogP) is 3.85. The molecule has 0 amide bonds. The quantitative estimate of drug-likeness (QED) is 0.708. The van der Waals surface area contributed by atoms with Gasteiger partial charge in [0, 0.05) is 6.42 Å². The second-order valence-electron chi connectivity index (χ2n) is 5.03. The van der Waals surface area contributed by atoms with Crippen molar-refractivity contribution in [1.82, 2.24) is 0 Å². The molecule has 92 valence electrons. The molecular weight excluding hydrogens is 224 g/mol. The van der Waals surface area contributed by atoms with E-state index in [0.717, 1.165) is 12.0 Å². The third-order valence-corrected chi connectivity index (χ3v) is 3.68. The molecule has 0 radical (unpaired) electrons. The molecule has 1 saturated heterocycles. The number of hydrogen-bond acceptors (Lipinski definition) is 2. The first-order valence-electron chi connectivity index (χ1n) is 6.42. The summed E-state index contributed by atoms with van der Waals surface area (Å²) in [6.07, 6.45) is 1.37. The molecule has 1 aliphatic heterocycles. The Kier molecular flexibility index (Phi) is 2.78. The molecule has 0 saturated carbocycles. The van der Waals surface area contributed by atoms with Gasteiger partial charge in [0.25, 0.3) is 0 Å². The van der Waals surface area contributed by atoms with Crippen molar-refractivity contribution >= 4 is 16.7 Å². The highest BCUT2D eigenvalue weighted by molar-refractivity contribution is 5.83. The van der Waals surface area contributed by atoms with E-state index in [0.29, 0.717) is 12.3 Å². The second kappa shape index (κ2) is 4.45. The smallest absolute Gasteiger partial charge is 0.306 e. The van der Waals surface area contributed by atoms with Gasteiger partial charge in [-0.3, -0.25) is 4.79 Å². The van der Waals surface area contributed by atoms with E-state index in [1.807, 2.05) is 12.1 Å². The van der Waals surface area contributed by atoms with Gasteiger partial charge >= 0.3 is 5.97 Å². The number of benzene rings is 2. The van der Waals surface area contributed by atoms with Crippen LogP contribution in [0.1, 0.15) is 31.4 Å². The van der Waals surface area contributed by atoms with Crippen LogP contribution in [-0.2, 0) is 9.53 Å². The molecule has 0 aliphatic carbocycles. The fourth-order valence-electron chi connectivity index (χ4n) is 2.59. The standard InChI is InChI=1S/C16H16O2/c1-11-6-9-15(17)18-16(11)14-8-7-12-4-2-3-5-13(12)10-14/h2-5,7-8,10-11,16H,6,9H2,1H3/t11-,16-/m1/s1. The van der Waals surface area contributed by atoms with E-state index in [-0.39, 0.29) is 12.1 Å². The molecule has 3 rings (SSSR count). The zero-order valence-electron chi connectivity index (χ0n) is 10.4. The van der Waals surface area contributed by atoms with E-state index in [2.05, 4.69) is 37.3 Å². The molecule has 1 fully saturated rings. The largest absolute Gasteiger partial charge is 0.457 e. The summed E-state index contributed by atoms with van der Waals surface area (Å²) in [5, 5.41) is 2.42. The van der Waals surface area contributed by atoms with Crippen molar-refractivity contribution in [1.29, 1.82) is 0 Å². The zero-order chi connectivity index (χ0) is 12.5. The number of fused-ring (bicyclic) bond motifs is 1. The molecule has 0 bridgehead atoms. The molecule has 2 aromatic carbocycles. The van der Waals surface area contributed by atoms with Gasteiger partial charge < -0.3 is 4.74 Å². The van der Waals surface area contributed by atoms with Crippen molar-refractivity contribution < 1.29 is 9.53 Å². The fraction of sp³-hybridized carbons (Fsp3) is 0.312. The van der Waals surface area contributed by atoms with E-state index in [4.69, 9.17) is 4.74 Å². The summed E-state index contributed by atoms with van der Waals surface area (Å²) in [5.74, 6) is 0.315. The average molecular weight is 240 g/mol. The van der Waals surface area contributed by atoms with E-state index in [1.54, 1.807) is 0 Å². The Balaban J connectivity index is 2.00. The second-order valence-corrected chi connectivity index (χ2v) is 5.03. The topological polar surface area (TPSA) is 26.3 Å². The maximum absolute atomic E-state index is 11.4. The lowest BCUT2D eigenvalue weighted by molar-refractivity contribution is -0.158. The lowest BCUT2D eigenvalue weighted by Gasteiger charge is -2.29. The normalized spacial score (nSPS) is 23.9. The molecule has 0 unspecified atom stereocenters. The molecular formula is C16H16O2. The van der Waals surface area contributed by atoms with Crippen LogP contribution in [0.5, 0.6) is 0 Å². The Morgan fingerprint density at radius 2 is 1.89 bits per heavy atom. The van der Waals surface area contributed by atoms with Crippen LogP contribution >= 0.6 is 0 Å². The summed E-state index contributed by atoms with van der Waals surface area (Å²) in [6.45, 7) is 2.15. The molecule has 0 aromatic heterocycles. The first kappa shape index (κ1) is 11.3. The van der Waals surface area contributed by atoms with Crippen LogP contribution in [0.25, 0.3) is 10.8 Å². The molecule has 2 atom stereocenters. The van der Waals surface area contributed by atoms with E-state index >= 15 is 0 Å². The number of esters is 1. The third kappa shape index (κ3) is 1.99. The number of cyclic esters (lactones) is 1. The Hall–Kier alpha value is -1.83. The van der Waals surface area contributed by atoms with Crippen LogP contribution in [0.3, 0.4) is 0 Å². The first-order chi connectivity index (χ1) is 8.74. The predicted molar refractivity (Wildman–Crippen MR) is 71.2 cm³/mol. The van der Waals surface area contributed by atoms with Crippen LogP contribution in [0, 0.1) is 5.92 Å². The minimum atomic E-state index is -0.0872. The number of ether oxygens (including phenoxy) is 1. The van der Waals surface area contributed by atoms with Gasteiger partial charge in [0.15, 0.2) is 0 Å². The SMILES string of the molecule is C[C@@H]1CCC(=O)O[C@H]1c1ccc2ccccc2c1. The number of hydrogen-bond donors (Lipinski definition) is 0. The van der Waals surface area contributed by atoms with Gasteiger partial charge in [-0.25, -0.2) is 0 Å². The fourth-order valence-corrected chi connectivity index (χ4v) is 2.59. The average Bonchev–Trinajstić information content (AvgIpc) is 2.41. The van der Waals surface area contributed by atoms with Crippen LogP contribution in [0.4, 0.5) is 0 Å². The summed E-state index contributed by atoms with van der Waals surface area (Å²) >= 11 is 0. The van der Waals surface area contributed by atoms with Gasteiger partial charge in [-0.1, -0.05) is 43.3 Å². The van der Waals surface area contributed by atoms with Crippen molar-refractivity contribution in [2.75, 3.05) is 0 Å². The highest BCUT2D eigenvalue weighted by Gasteiger charge is 2.28. The molecule has 0 spiro atoms. The van der Waals surface area contributed by atoms with E-state index in [1.165, 1.54) is 10.8 Å². The lowest BCUT2D eigenvalue weighted by Crippen LogP contribution is -2.24. The Bertz CT molecular complexity index is 588. The minimum absolute atomic E-state index is 0.0775. The van der Waals surface area contributed by atoms with Gasteiger partial charge in [0.1, 0.15) is 6.10 Å². The lowest BCUT2D eigenvalue weighted by atomic mass is 9.90. The van der Waals surface area contributed by atoms with Crippen molar-refractivity contribution in [2.24, 2.45) is 5.92 Å². The molecule has 1 aliphatic rings. The summed E-state index contributed by atoms with van der Waals surface area (Å²) in [6, 6.07) is 14.5. The third-order valence-electron chi connectivity index (χ3n) is 3.68. The molecule has 18 heavy (non-hydrogen) atoms. The van der Waals surface area contributed by atoms with Gasteiger partial charge in [0.05, 0.1) is 0 Å². The van der Waals surface area contributed by atoms with Gasteiger partial charge in [-0.05, 0) is 34.7 Å². The number of rotatable bonds is 1. The molecule has 1 heterocycles. The van der Waals surface area contributed by atoms with E-state index < -0.39 is 0 Å². The molecule has 0 N–H and O–H groups in total. The summed E-state index contributed by atoms with van der Waals surface area (Å²) in [5.41, 5.74) is 1.11. The van der Waals surface area contributed by atoms with Gasteiger partial charge in [-0.15, -0.1) is 0 Å².